The van der Waals surface area contributed by atoms with Crippen LogP contribution in [0.5, 0.6) is 17.2 Å². The highest BCUT2D eigenvalue weighted by atomic mass is 35.5. The van der Waals surface area contributed by atoms with E-state index in [1.165, 1.54) is 11.8 Å². The molecule has 1 aromatic heterocycles. The summed E-state index contributed by atoms with van der Waals surface area (Å²) in [6.07, 6.45) is 0.737. The van der Waals surface area contributed by atoms with Crippen LogP contribution in [0.15, 0.2) is 57.9 Å². The normalized spacial score (nSPS) is 15.6. The molecule has 0 radical (unpaired) electrons. The van der Waals surface area contributed by atoms with Gasteiger partial charge in [-0.25, -0.2) is 0 Å². The maximum absolute atomic E-state index is 12.9. The van der Waals surface area contributed by atoms with E-state index in [4.69, 9.17) is 13.9 Å². The van der Waals surface area contributed by atoms with Gasteiger partial charge in [0.05, 0.1) is 5.39 Å². The van der Waals surface area contributed by atoms with Crippen LogP contribution in [0.1, 0.15) is 26.3 Å². The molecule has 4 rings (SSSR count). The van der Waals surface area contributed by atoms with Gasteiger partial charge in [0.25, 0.3) is 0 Å². The van der Waals surface area contributed by atoms with Crippen molar-refractivity contribution < 1.29 is 19.0 Å². The molecule has 3 aromatic rings. The van der Waals surface area contributed by atoms with Gasteiger partial charge in [0.1, 0.15) is 36.1 Å². The predicted octanol–water partition coefficient (Wildman–Crippen LogP) is 4.71. The second kappa shape index (κ2) is 12.8. The zero-order chi connectivity index (χ0) is 24.3. The number of hydrogen-bond acceptors (Lipinski definition) is 7. The molecule has 0 spiro atoms. The molecule has 1 fully saturated rings. The number of aliphatic hydroxyl groups is 1. The number of likely N-dealkylation sites (N-methyl/N-ethyl adjacent to an activating group) is 1. The summed E-state index contributed by atoms with van der Waals surface area (Å²) in [6.45, 7) is 11.1. The van der Waals surface area contributed by atoms with Gasteiger partial charge < -0.3 is 23.9 Å². The third kappa shape index (κ3) is 7.60. The van der Waals surface area contributed by atoms with Crippen molar-refractivity contribution in [3.05, 3.63) is 64.5 Å². The quantitative estimate of drug-likeness (QED) is 0.466. The molecule has 7 nitrogen and oxygen atoms in total. The second-order valence-electron chi connectivity index (χ2n) is 10.0. The topological polar surface area (TPSA) is 75.4 Å². The summed E-state index contributed by atoms with van der Waals surface area (Å²) in [4.78, 5) is 17.4. The molecule has 198 valence electrons. The van der Waals surface area contributed by atoms with E-state index in [2.05, 4.69) is 37.6 Å². The standard InChI is InChI=1S/C27H34N2O5.2ClH/c1-27(2,3)19-5-7-21(8-6-19)34-25-18-33-24-15-22(9-10-23(24)26(25)31)32-17-20(30)16-29-13-11-28(4)12-14-29;;/h5-10,15,18,20,30H,11-14,16-17H2,1-4H3;2*1H. The van der Waals surface area contributed by atoms with Crippen molar-refractivity contribution in [3.63, 3.8) is 0 Å². The Morgan fingerprint density at radius 3 is 2.28 bits per heavy atom. The number of β-amino-alcohol motifs (C(OH)–C–C–N with tert-alkyl or cyclic N) is 1. The van der Waals surface area contributed by atoms with Crippen molar-refractivity contribution in [2.75, 3.05) is 46.4 Å². The van der Waals surface area contributed by atoms with Crippen LogP contribution in [0.3, 0.4) is 0 Å². The molecule has 1 saturated heterocycles. The fourth-order valence-electron chi connectivity index (χ4n) is 3.97. The third-order valence-corrected chi connectivity index (χ3v) is 6.17. The lowest BCUT2D eigenvalue weighted by Crippen LogP contribution is -2.47. The SMILES string of the molecule is CN1CCN(CC(O)COc2ccc3c(=O)c(Oc4ccc(C(C)(C)C)cc4)coc3c2)CC1.Cl.Cl. The Morgan fingerprint density at radius 2 is 1.64 bits per heavy atom. The summed E-state index contributed by atoms with van der Waals surface area (Å²) in [5.41, 5.74) is 1.39. The summed E-state index contributed by atoms with van der Waals surface area (Å²) in [6, 6.07) is 12.8. The van der Waals surface area contributed by atoms with Gasteiger partial charge >= 0.3 is 0 Å². The first kappa shape index (κ1) is 29.9. The number of piperazine rings is 1. The average Bonchev–Trinajstić information content (AvgIpc) is 2.81. The minimum atomic E-state index is -0.591. The number of ether oxygens (including phenoxy) is 2. The summed E-state index contributed by atoms with van der Waals surface area (Å²) in [5.74, 6) is 1.25. The molecular weight excluding hydrogens is 503 g/mol. The average molecular weight is 540 g/mol. The van der Waals surface area contributed by atoms with Crippen LogP contribution in [-0.4, -0.2) is 67.4 Å². The zero-order valence-corrected chi connectivity index (χ0v) is 22.9. The first-order chi connectivity index (χ1) is 16.2. The summed E-state index contributed by atoms with van der Waals surface area (Å²) < 4.78 is 17.2. The van der Waals surface area contributed by atoms with E-state index in [0.29, 0.717) is 29.0 Å². The molecule has 9 heteroatoms. The number of aliphatic hydroxyl groups excluding tert-OH is 1. The van der Waals surface area contributed by atoms with Crippen LogP contribution in [0.4, 0.5) is 0 Å². The second-order valence-corrected chi connectivity index (χ2v) is 10.0. The summed E-state index contributed by atoms with van der Waals surface area (Å²) in [7, 11) is 2.11. The van der Waals surface area contributed by atoms with Crippen molar-refractivity contribution in [1.82, 2.24) is 9.80 Å². The first-order valence-electron chi connectivity index (χ1n) is 11.7. The Balaban J connectivity index is 0.00000228. The molecule has 1 atom stereocenters. The summed E-state index contributed by atoms with van der Waals surface area (Å²) in [5, 5.41) is 10.8. The molecule has 0 saturated carbocycles. The molecule has 36 heavy (non-hydrogen) atoms. The summed E-state index contributed by atoms with van der Waals surface area (Å²) >= 11 is 0. The largest absolute Gasteiger partial charge is 0.491 e. The number of rotatable bonds is 7. The minimum Gasteiger partial charge on any atom is -0.491 e. The van der Waals surface area contributed by atoms with Crippen LogP contribution >= 0.6 is 24.8 Å². The minimum absolute atomic E-state index is 0. The fraction of sp³-hybridized carbons (Fsp3) is 0.444. The van der Waals surface area contributed by atoms with Gasteiger partial charge in [0, 0.05) is 38.8 Å². The molecule has 1 N–H and O–H groups in total. The molecule has 0 aliphatic carbocycles. The van der Waals surface area contributed by atoms with Gasteiger partial charge in [-0.2, -0.15) is 0 Å². The highest BCUT2D eigenvalue weighted by molar-refractivity contribution is 5.85. The number of nitrogens with zero attached hydrogens (tertiary/aromatic N) is 2. The van der Waals surface area contributed by atoms with E-state index in [-0.39, 0.29) is 48.0 Å². The molecule has 0 amide bonds. The lowest BCUT2D eigenvalue weighted by molar-refractivity contribution is 0.0505. The van der Waals surface area contributed by atoms with E-state index in [0.717, 1.165) is 26.2 Å². The Hall–Kier alpha value is -2.29. The van der Waals surface area contributed by atoms with Gasteiger partial charge in [-0.3, -0.25) is 9.69 Å². The first-order valence-corrected chi connectivity index (χ1v) is 11.7. The zero-order valence-electron chi connectivity index (χ0n) is 21.2. The molecular formula is C27H36Cl2N2O5. The highest BCUT2D eigenvalue weighted by Gasteiger charge is 2.18. The van der Waals surface area contributed by atoms with Crippen LogP contribution < -0.4 is 14.9 Å². The smallest absolute Gasteiger partial charge is 0.235 e. The lowest BCUT2D eigenvalue weighted by Gasteiger charge is -2.33. The van der Waals surface area contributed by atoms with Gasteiger partial charge in [-0.15, -0.1) is 24.8 Å². The van der Waals surface area contributed by atoms with Crippen molar-refractivity contribution in [1.29, 1.82) is 0 Å². The van der Waals surface area contributed by atoms with Crippen LogP contribution in [-0.2, 0) is 5.41 Å². The number of hydrogen-bond donors (Lipinski definition) is 1. The van der Waals surface area contributed by atoms with Crippen LogP contribution in [0, 0.1) is 0 Å². The lowest BCUT2D eigenvalue weighted by atomic mass is 9.87. The van der Waals surface area contributed by atoms with Gasteiger partial charge in [-0.05, 0) is 42.3 Å². The Kier molecular flexibility index (Phi) is 10.6. The van der Waals surface area contributed by atoms with Crippen LogP contribution in [0.2, 0.25) is 0 Å². The highest BCUT2D eigenvalue weighted by Crippen LogP contribution is 2.27. The molecule has 1 unspecified atom stereocenters. The van der Waals surface area contributed by atoms with E-state index >= 15 is 0 Å². The molecule has 0 bridgehead atoms. The Labute approximate surface area is 224 Å². The Bertz CT molecular complexity index is 1170. The van der Waals surface area contributed by atoms with Crippen molar-refractivity contribution >= 4 is 35.8 Å². The molecule has 2 heterocycles. The Morgan fingerprint density at radius 1 is 1.00 bits per heavy atom. The van der Waals surface area contributed by atoms with Crippen molar-refractivity contribution in [2.24, 2.45) is 0 Å². The van der Waals surface area contributed by atoms with Crippen molar-refractivity contribution in [3.8, 4) is 17.2 Å². The predicted molar refractivity (Wildman–Crippen MR) is 148 cm³/mol. The van der Waals surface area contributed by atoms with Gasteiger partial charge in [-0.1, -0.05) is 32.9 Å². The number of halogens is 2. The van der Waals surface area contributed by atoms with E-state index in [9.17, 15) is 9.90 Å². The van der Waals surface area contributed by atoms with E-state index in [1.807, 2.05) is 24.3 Å². The number of fused-ring (bicyclic) bond motifs is 1. The maximum Gasteiger partial charge on any atom is 0.235 e. The van der Waals surface area contributed by atoms with Crippen LogP contribution in [0.25, 0.3) is 11.0 Å². The maximum atomic E-state index is 12.9. The fourth-order valence-corrected chi connectivity index (χ4v) is 3.97. The number of benzene rings is 2. The molecule has 2 aromatic carbocycles. The van der Waals surface area contributed by atoms with Gasteiger partial charge in [0.15, 0.2) is 0 Å². The molecule has 1 aliphatic rings. The van der Waals surface area contributed by atoms with Crippen molar-refractivity contribution in [2.45, 2.75) is 32.3 Å². The van der Waals surface area contributed by atoms with E-state index in [1.54, 1.807) is 18.2 Å². The monoisotopic (exact) mass is 538 g/mol. The van der Waals surface area contributed by atoms with E-state index < -0.39 is 6.10 Å². The third-order valence-electron chi connectivity index (χ3n) is 6.17. The molecule has 1 aliphatic heterocycles. The van der Waals surface area contributed by atoms with Gasteiger partial charge in [0.2, 0.25) is 11.2 Å².